The van der Waals surface area contributed by atoms with Crippen LogP contribution < -0.4 is 5.32 Å². The Bertz CT molecular complexity index is 447. The largest absolute Gasteiger partial charge is 0.309 e. The van der Waals surface area contributed by atoms with Gasteiger partial charge in [-0.05, 0) is 26.3 Å². The maximum atomic E-state index is 4.87. The Morgan fingerprint density at radius 1 is 1.24 bits per heavy atom. The van der Waals surface area contributed by atoms with Crippen LogP contribution in [0.2, 0.25) is 0 Å². The third-order valence-corrected chi connectivity index (χ3v) is 5.68. The maximum Gasteiger partial charge on any atom is 0.0944 e. The summed E-state index contributed by atoms with van der Waals surface area (Å²) < 4.78 is 0. The summed E-state index contributed by atoms with van der Waals surface area (Å²) in [6.07, 6.45) is 4.89. The fourth-order valence-electron chi connectivity index (χ4n) is 2.81. The lowest BCUT2D eigenvalue weighted by Gasteiger charge is -2.32. The molecule has 1 aromatic rings. The number of piperazine rings is 1. The number of aryl methyl sites for hydroxylation is 1. The van der Waals surface area contributed by atoms with E-state index >= 15 is 0 Å². The van der Waals surface area contributed by atoms with Crippen molar-refractivity contribution < 1.29 is 0 Å². The number of aromatic nitrogens is 1. The molecule has 1 saturated carbocycles. The Morgan fingerprint density at radius 3 is 2.67 bits per heavy atom. The molecule has 0 spiro atoms. The van der Waals surface area contributed by atoms with E-state index in [2.05, 4.69) is 29.1 Å². The SMILES string of the molecule is CCc1nc(CCN2CCN(C)CC2)sc1CNC1CC1. The van der Waals surface area contributed by atoms with Gasteiger partial charge in [0.15, 0.2) is 0 Å². The maximum absolute atomic E-state index is 4.87. The highest BCUT2D eigenvalue weighted by molar-refractivity contribution is 7.11. The summed E-state index contributed by atoms with van der Waals surface area (Å²) in [4.78, 5) is 11.3. The molecule has 1 N–H and O–H groups in total. The number of hydrogen-bond donors (Lipinski definition) is 1. The van der Waals surface area contributed by atoms with Crippen molar-refractivity contribution in [3.8, 4) is 0 Å². The number of rotatable bonds is 7. The third-order valence-electron chi connectivity index (χ3n) is 4.52. The molecular formula is C16H28N4S. The van der Waals surface area contributed by atoms with Crippen molar-refractivity contribution in [3.05, 3.63) is 15.6 Å². The van der Waals surface area contributed by atoms with Crippen LogP contribution in [-0.4, -0.2) is 60.6 Å². The molecule has 0 bridgehead atoms. The first kappa shape index (κ1) is 15.4. The van der Waals surface area contributed by atoms with Crippen LogP contribution in [-0.2, 0) is 19.4 Å². The van der Waals surface area contributed by atoms with Gasteiger partial charge < -0.3 is 15.1 Å². The molecule has 1 aliphatic carbocycles. The molecule has 2 fully saturated rings. The lowest BCUT2D eigenvalue weighted by molar-refractivity contribution is 0.155. The monoisotopic (exact) mass is 308 g/mol. The van der Waals surface area contributed by atoms with Crippen molar-refractivity contribution in [2.45, 2.75) is 45.2 Å². The molecule has 0 radical (unpaired) electrons. The van der Waals surface area contributed by atoms with E-state index in [0.29, 0.717) is 0 Å². The van der Waals surface area contributed by atoms with Gasteiger partial charge in [-0.15, -0.1) is 11.3 Å². The molecule has 5 heteroatoms. The zero-order chi connectivity index (χ0) is 14.7. The number of thiazole rings is 1. The highest BCUT2D eigenvalue weighted by atomic mass is 32.1. The predicted molar refractivity (Wildman–Crippen MR) is 89.0 cm³/mol. The number of nitrogens with zero attached hydrogens (tertiary/aromatic N) is 3. The Balaban J connectivity index is 1.50. The van der Waals surface area contributed by atoms with E-state index in [-0.39, 0.29) is 0 Å². The molecule has 0 unspecified atom stereocenters. The summed E-state index contributed by atoms with van der Waals surface area (Å²) in [6, 6.07) is 0.783. The third kappa shape index (κ3) is 4.49. The van der Waals surface area contributed by atoms with Gasteiger partial charge in [0.1, 0.15) is 0 Å². The molecule has 1 aromatic heterocycles. The quantitative estimate of drug-likeness (QED) is 0.831. The van der Waals surface area contributed by atoms with Crippen molar-refractivity contribution in [1.29, 1.82) is 0 Å². The minimum absolute atomic E-state index is 0.783. The van der Waals surface area contributed by atoms with E-state index in [1.165, 1.54) is 61.1 Å². The van der Waals surface area contributed by atoms with Gasteiger partial charge in [-0.25, -0.2) is 4.98 Å². The number of hydrogen-bond acceptors (Lipinski definition) is 5. The minimum atomic E-state index is 0.783. The standard InChI is InChI=1S/C16H28N4S/c1-3-14-15(12-17-13-4-5-13)21-16(18-14)6-7-20-10-8-19(2)9-11-20/h13,17H,3-12H2,1-2H3. The topological polar surface area (TPSA) is 31.4 Å². The van der Waals surface area contributed by atoms with Crippen molar-refractivity contribution in [2.75, 3.05) is 39.8 Å². The summed E-state index contributed by atoms with van der Waals surface area (Å²) in [6.45, 7) is 9.24. The van der Waals surface area contributed by atoms with Crippen LogP contribution in [0.25, 0.3) is 0 Å². The molecule has 4 nitrogen and oxygen atoms in total. The molecule has 2 aliphatic rings. The molecule has 2 heterocycles. The molecule has 0 aromatic carbocycles. The van der Waals surface area contributed by atoms with Crippen molar-refractivity contribution >= 4 is 11.3 Å². The second kappa shape index (κ2) is 7.18. The normalized spacial score (nSPS) is 21.0. The Labute approximate surface area is 132 Å². The highest BCUT2D eigenvalue weighted by Gasteiger charge is 2.21. The fourth-order valence-corrected chi connectivity index (χ4v) is 3.90. The van der Waals surface area contributed by atoms with Crippen molar-refractivity contribution in [3.63, 3.8) is 0 Å². The molecule has 3 rings (SSSR count). The van der Waals surface area contributed by atoms with Crippen LogP contribution in [0.3, 0.4) is 0 Å². The van der Waals surface area contributed by atoms with Gasteiger partial charge in [-0.2, -0.15) is 0 Å². The number of nitrogens with one attached hydrogen (secondary N) is 1. The van der Waals surface area contributed by atoms with Crippen LogP contribution >= 0.6 is 11.3 Å². The van der Waals surface area contributed by atoms with Crippen molar-refractivity contribution in [1.82, 2.24) is 20.1 Å². The second-order valence-electron chi connectivity index (χ2n) is 6.38. The van der Waals surface area contributed by atoms with Gasteiger partial charge in [0.2, 0.25) is 0 Å². The first-order chi connectivity index (χ1) is 10.2. The van der Waals surface area contributed by atoms with Crippen LogP contribution in [0.5, 0.6) is 0 Å². The van der Waals surface area contributed by atoms with Crippen LogP contribution in [0.15, 0.2) is 0 Å². The summed E-state index contributed by atoms with van der Waals surface area (Å²) in [5, 5.41) is 4.96. The van der Waals surface area contributed by atoms with Crippen LogP contribution in [0.4, 0.5) is 0 Å². The molecule has 0 amide bonds. The fraction of sp³-hybridized carbons (Fsp3) is 0.812. The molecule has 0 atom stereocenters. The van der Waals surface area contributed by atoms with Crippen LogP contribution in [0.1, 0.15) is 35.3 Å². The second-order valence-corrected chi connectivity index (χ2v) is 7.55. The Morgan fingerprint density at radius 2 is 2.00 bits per heavy atom. The summed E-state index contributed by atoms with van der Waals surface area (Å²) >= 11 is 1.93. The smallest absolute Gasteiger partial charge is 0.0944 e. The van der Waals surface area contributed by atoms with Gasteiger partial charge in [0, 0.05) is 56.6 Å². The number of likely N-dealkylation sites (N-methyl/N-ethyl adjacent to an activating group) is 1. The molecule has 1 saturated heterocycles. The van der Waals surface area contributed by atoms with Crippen LogP contribution in [0, 0.1) is 0 Å². The molecule has 1 aliphatic heterocycles. The Kier molecular flexibility index (Phi) is 5.27. The van der Waals surface area contributed by atoms with Gasteiger partial charge in [-0.3, -0.25) is 0 Å². The van der Waals surface area contributed by atoms with Gasteiger partial charge in [0.25, 0.3) is 0 Å². The highest BCUT2D eigenvalue weighted by Crippen LogP contribution is 2.23. The van der Waals surface area contributed by atoms with E-state index in [1.807, 2.05) is 11.3 Å². The zero-order valence-corrected chi connectivity index (χ0v) is 14.2. The summed E-state index contributed by atoms with van der Waals surface area (Å²) in [5.74, 6) is 0. The van der Waals surface area contributed by atoms with E-state index in [0.717, 1.165) is 25.4 Å². The average molecular weight is 308 g/mol. The molecular weight excluding hydrogens is 280 g/mol. The first-order valence-corrected chi connectivity index (χ1v) is 9.18. The summed E-state index contributed by atoms with van der Waals surface area (Å²) in [7, 11) is 2.21. The predicted octanol–water partition coefficient (Wildman–Crippen LogP) is 1.75. The minimum Gasteiger partial charge on any atom is -0.309 e. The van der Waals surface area contributed by atoms with Gasteiger partial charge >= 0.3 is 0 Å². The molecule has 21 heavy (non-hydrogen) atoms. The summed E-state index contributed by atoms with van der Waals surface area (Å²) in [5.41, 5.74) is 1.32. The van der Waals surface area contributed by atoms with E-state index in [9.17, 15) is 0 Å². The van der Waals surface area contributed by atoms with Crippen molar-refractivity contribution in [2.24, 2.45) is 0 Å². The average Bonchev–Trinajstić information content (AvgIpc) is 3.24. The van der Waals surface area contributed by atoms with E-state index in [1.54, 1.807) is 0 Å². The van der Waals surface area contributed by atoms with E-state index < -0.39 is 0 Å². The Hall–Kier alpha value is -0.490. The van der Waals surface area contributed by atoms with Gasteiger partial charge in [-0.1, -0.05) is 6.92 Å². The van der Waals surface area contributed by atoms with Gasteiger partial charge in [0.05, 0.1) is 10.7 Å². The lowest BCUT2D eigenvalue weighted by Crippen LogP contribution is -2.45. The first-order valence-electron chi connectivity index (χ1n) is 8.36. The lowest BCUT2D eigenvalue weighted by atomic mass is 10.3. The molecule has 118 valence electrons. The zero-order valence-electron chi connectivity index (χ0n) is 13.4. The van der Waals surface area contributed by atoms with E-state index in [4.69, 9.17) is 4.98 Å².